The summed E-state index contributed by atoms with van der Waals surface area (Å²) in [5.74, 6) is -6.15. The summed E-state index contributed by atoms with van der Waals surface area (Å²) in [7, 11) is 4.67. The van der Waals surface area contributed by atoms with Gasteiger partial charge in [-0.1, -0.05) is 18.2 Å². The van der Waals surface area contributed by atoms with Crippen LogP contribution in [-0.2, 0) is 20.8 Å². The number of aliphatic hydroxyl groups excluding tert-OH is 2. The average Bonchev–Trinajstić information content (AvgIpc) is 2.86. The molecule has 0 aromatic heterocycles. The van der Waals surface area contributed by atoms with Crippen molar-refractivity contribution in [3.8, 4) is 22.6 Å². The highest BCUT2D eigenvalue weighted by Gasteiger charge is 2.64. The van der Waals surface area contributed by atoms with E-state index in [0.29, 0.717) is 16.9 Å². The fraction of sp³-hybridized carbons (Fsp3) is 0.321. The maximum absolute atomic E-state index is 13.9. The number of likely N-dealkylation sites (N-methyl/N-ethyl adjacent to an activating group) is 1. The molecule has 6 N–H and O–H groups in total. The minimum absolute atomic E-state index is 0.0268. The Morgan fingerprint density at radius 1 is 1.13 bits per heavy atom. The zero-order valence-electron chi connectivity index (χ0n) is 21.1. The van der Waals surface area contributed by atoms with Gasteiger partial charge in [-0.2, -0.15) is 0 Å². The summed E-state index contributed by atoms with van der Waals surface area (Å²) in [6.07, 6.45) is 0.231. The van der Waals surface area contributed by atoms with Gasteiger partial charge in [0.05, 0.1) is 18.7 Å². The number of primary amides is 1. The predicted molar refractivity (Wildman–Crippen MR) is 136 cm³/mol. The number of phenolic OH excluding ortho intramolecular Hbond substituents is 1. The van der Waals surface area contributed by atoms with Gasteiger partial charge in [0.15, 0.2) is 11.4 Å². The number of carbonyl (C=O) groups is 3. The van der Waals surface area contributed by atoms with E-state index in [-0.39, 0.29) is 29.7 Å². The number of hydrogen-bond acceptors (Lipinski definition) is 9. The predicted octanol–water partition coefficient (Wildman–Crippen LogP) is 1.64. The lowest BCUT2D eigenvalue weighted by Crippen LogP contribution is -2.65. The standard InChI is InChI=1S/C28H28N2O8/c1-30(2)22-17-11-13-10-16-15(12-5-4-6-14(9-12)38-3)7-8-18(31)20(16)23(32)19(13)25(34)28(17,37)26(35)21(24(22)33)27(29)36/h4-9,13,17,22,31-32,35,37H,10-11H2,1-3H3,(H2,29,36)/t13-,17-,22-,28-/m0/s1. The Balaban J connectivity index is 1.73. The molecule has 3 aliphatic rings. The first kappa shape index (κ1) is 25.5. The van der Waals surface area contributed by atoms with Crippen LogP contribution in [0.15, 0.2) is 53.3 Å². The number of phenols is 1. The van der Waals surface area contributed by atoms with Gasteiger partial charge in [0.25, 0.3) is 5.91 Å². The van der Waals surface area contributed by atoms with Gasteiger partial charge < -0.3 is 30.9 Å². The summed E-state index contributed by atoms with van der Waals surface area (Å²) in [5, 5.41) is 44.7. The van der Waals surface area contributed by atoms with E-state index in [1.54, 1.807) is 33.3 Å². The van der Waals surface area contributed by atoms with Crippen LogP contribution >= 0.6 is 0 Å². The maximum atomic E-state index is 13.9. The van der Waals surface area contributed by atoms with Crippen LogP contribution in [0.4, 0.5) is 0 Å². The molecule has 1 fully saturated rings. The largest absolute Gasteiger partial charge is 0.508 e. The number of ether oxygens (including phenoxy) is 1. The number of Topliss-reactive ketones (excluding diaryl/α,β-unsaturated/α-hetero) is 2. The fourth-order valence-electron chi connectivity index (χ4n) is 6.31. The quantitative estimate of drug-likeness (QED) is 0.376. The van der Waals surface area contributed by atoms with E-state index in [1.807, 2.05) is 18.2 Å². The number of benzene rings is 2. The second-order valence-corrected chi connectivity index (χ2v) is 10.2. The molecule has 0 saturated heterocycles. The maximum Gasteiger partial charge on any atom is 0.255 e. The van der Waals surface area contributed by atoms with Gasteiger partial charge in [-0.05, 0) is 67.7 Å². The van der Waals surface area contributed by atoms with Crippen LogP contribution < -0.4 is 10.5 Å². The Bertz CT molecular complexity index is 1470. The molecular weight excluding hydrogens is 492 g/mol. The number of rotatable bonds is 4. The lowest BCUT2D eigenvalue weighted by atomic mass is 9.57. The summed E-state index contributed by atoms with van der Waals surface area (Å²) in [4.78, 5) is 40.6. The number of aliphatic hydroxyl groups is 3. The zero-order valence-corrected chi connectivity index (χ0v) is 21.1. The SMILES string of the molecule is COc1cccc(-c2ccc(O)c3c2C[C@H]2C[C@H]4[C@H](N(C)C)C(=O)C(C(N)=O)=C(O)[C@@]4(O)C(=O)C2=C3O)c1. The van der Waals surface area contributed by atoms with Crippen LogP contribution in [0.5, 0.6) is 11.5 Å². The molecule has 10 heteroatoms. The Hall–Kier alpha value is -4.15. The lowest BCUT2D eigenvalue weighted by Gasteiger charge is -2.50. The molecule has 2 aromatic rings. The van der Waals surface area contributed by atoms with Crippen molar-refractivity contribution in [2.24, 2.45) is 17.6 Å². The summed E-state index contributed by atoms with van der Waals surface area (Å²) >= 11 is 0. The van der Waals surface area contributed by atoms with Crippen LogP contribution in [0, 0.1) is 11.8 Å². The molecule has 3 aliphatic carbocycles. The molecule has 2 aromatic carbocycles. The van der Waals surface area contributed by atoms with E-state index in [2.05, 4.69) is 0 Å². The second kappa shape index (κ2) is 8.71. The number of fused-ring (bicyclic) bond motifs is 3. The highest BCUT2D eigenvalue weighted by molar-refractivity contribution is 6.24. The van der Waals surface area contributed by atoms with E-state index < -0.39 is 58.0 Å². The van der Waals surface area contributed by atoms with Gasteiger partial charge in [0, 0.05) is 11.5 Å². The molecule has 0 heterocycles. The number of nitrogens with two attached hydrogens (primary N) is 1. The number of aromatic hydroxyl groups is 1. The number of nitrogens with zero attached hydrogens (tertiary/aromatic N) is 1. The van der Waals surface area contributed by atoms with Crippen LogP contribution in [0.25, 0.3) is 16.9 Å². The monoisotopic (exact) mass is 520 g/mol. The molecular formula is C28H28N2O8. The third-order valence-corrected chi connectivity index (χ3v) is 7.98. The molecule has 198 valence electrons. The number of carbonyl (C=O) groups excluding carboxylic acids is 3. The van der Waals surface area contributed by atoms with Crippen molar-refractivity contribution in [1.29, 1.82) is 0 Å². The Labute approximate surface area is 218 Å². The summed E-state index contributed by atoms with van der Waals surface area (Å²) in [6.45, 7) is 0. The Morgan fingerprint density at radius 2 is 1.84 bits per heavy atom. The molecule has 5 rings (SSSR count). The minimum atomic E-state index is -2.66. The van der Waals surface area contributed by atoms with Crippen LogP contribution in [-0.4, -0.2) is 75.6 Å². The second-order valence-electron chi connectivity index (χ2n) is 10.2. The first-order valence-corrected chi connectivity index (χ1v) is 12.1. The number of hydrogen-bond donors (Lipinski definition) is 5. The molecule has 0 aliphatic heterocycles. The third kappa shape index (κ3) is 3.37. The summed E-state index contributed by atoms with van der Waals surface area (Å²) < 4.78 is 5.34. The Morgan fingerprint density at radius 3 is 2.47 bits per heavy atom. The molecule has 1 saturated carbocycles. The van der Waals surface area contributed by atoms with Crippen molar-refractivity contribution in [1.82, 2.24) is 4.90 Å². The van der Waals surface area contributed by atoms with E-state index in [4.69, 9.17) is 10.5 Å². The van der Waals surface area contributed by atoms with Crippen LogP contribution in [0.2, 0.25) is 0 Å². The topological polar surface area (TPSA) is 171 Å². The fourth-order valence-corrected chi connectivity index (χ4v) is 6.31. The first-order valence-electron chi connectivity index (χ1n) is 12.1. The van der Waals surface area contributed by atoms with Crippen molar-refractivity contribution in [2.45, 2.75) is 24.5 Å². The number of amides is 1. The van der Waals surface area contributed by atoms with Gasteiger partial charge in [0.2, 0.25) is 5.78 Å². The normalized spacial score (nSPS) is 26.7. The smallest absolute Gasteiger partial charge is 0.255 e. The van der Waals surface area contributed by atoms with Crippen LogP contribution in [0.1, 0.15) is 17.5 Å². The molecule has 38 heavy (non-hydrogen) atoms. The van der Waals surface area contributed by atoms with Gasteiger partial charge >= 0.3 is 0 Å². The molecule has 10 nitrogen and oxygen atoms in total. The van der Waals surface area contributed by atoms with Gasteiger partial charge in [-0.15, -0.1) is 0 Å². The lowest BCUT2D eigenvalue weighted by molar-refractivity contribution is -0.153. The van der Waals surface area contributed by atoms with Crippen molar-refractivity contribution in [3.63, 3.8) is 0 Å². The molecule has 4 atom stereocenters. The van der Waals surface area contributed by atoms with Crippen molar-refractivity contribution in [3.05, 3.63) is 64.4 Å². The zero-order chi connectivity index (χ0) is 27.7. The summed E-state index contributed by atoms with van der Waals surface area (Å²) in [5.41, 5.74) is 3.77. The Kier molecular flexibility index (Phi) is 5.85. The van der Waals surface area contributed by atoms with Crippen LogP contribution in [0.3, 0.4) is 0 Å². The molecule has 0 bridgehead atoms. The van der Waals surface area contributed by atoms with Crippen molar-refractivity contribution < 1.29 is 39.5 Å². The number of ketones is 2. The first-order chi connectivity index (χ1) is 17.9. The van der Waals surface area contributed by atoms with Gasteiger partial charge in [-0.3, -0.25) is 19.3 Å². The molecule has 0 radical (unpaired) electrons. The van der Waals surface area contributed by atoms with Crippen molar-refractivity contribution >= 4 is 23.2 Å². The highest BCUT2D eigenvalue weighted by atomic mass is 16.5. The van der Waals surface area contributed by atoms with Gasteiger partial charge in [-0.25, -0.2) is 0 Å². The number of methoxy groups -OCH3 is 1. The van der Waals surface area contributed by atoms with E-state index in [9.17, 15) is 34.8 Å². The summed E-state index contributed by atoms with van der Waals surface area (Å²) in [6, 6.07) is 9.24. The molecule has 1 amide bonds. The van der Waals surface area contributed by atoms with E-state index >= 15 is 0 Å². The third-order valence-electron chi connectivity index (χ3n) is 7.98. The molecule has 0 unspecified atom stereocenters. The van der Waals surface area contributed by atoms with E-state index in [1.165, 1.54) is 11.0 Å². The highest BCUT2D eigenvalue weighted by Crippen LogP contribution is 2.53. The average molecular weight is 521 g/mol. The minimum Gasteiger partial charge on any atom is -0.508 e. The van der Waals surface area contributed by atoms with Crippen molar-refractivity contribution in [2.75, 3.05) is 21.2 Å². The van der Waals surface area contributed by atoms with E-state index in [0.717, 1.165) is 5.56 Å². The molecule has 0 spiro atoms. The van der Waals surface area contributed by atoms with Gasteiger partial charge in [0.1, 0.15) is 28.6 Å².